The minimum absolute atomic E-state index is 0.0517. The summed E-state index contributed by atoms with van der Waals surface area (Å²) in [6.45, 7) is 0.0517. The number of aliphatic carboxylic acids is 1. The molecule has 0 aliphatic carbocycles. The molecular weight excluding hydrogens is 259 g/mol. The molecule has 0 unspecified atom stereocenters. The van der Waals surface area contributed by atoms with Gasteiger partial charge in [-0.25, -0.2) is 4.79 Å². The average molecular weight is 271 g/mol. The third-order valence-corrected chi connectivity index (χ3v) is 3.06. The van der Waals surface area contributed by atoms with Crippen LogP contribution in [0.15, 0.2) is 0 Å². The normalized spacial score (nSPS) is 22.6. The molecule has 0 spiro atoms. The number of carboxylic acids is 1. The van der Waals surface area contributed by atoms with E-state index in [-0.39, 0.29) is 13.0 Å². The number of likely N-dealkylation sites (tertiary alicyclic amines) is 1. The quantitative estimate of drug-likeness (QED) is 0.758. The van der Waals surface area contributed by atoms with Gasteiger partial charge in [0.15, 0.2) is 0 Å². The number of carbonyl (C=O) groups excluding carboxylic acids is 1. The third-order valence-electron chi connectivity index (χ3n) is 2.70. The first-order valence-corrected chi connectivity index (χ1v) is 5.63. The smallest absolute Gasteiger partial charge is 0.401 e. The molecule has 1 N–H and O–H groups in total. The monoisotopic (exact) mass is 271 g/mol. The molecule has 0 bridgehead atoms. The first-order chi connectivity index (χ1) is 7.79. The van der Waals surface area contributed by atoms with Crippen molar-refractivity contribution >= 4 is 24.5 Å². The number of alkyl halides is 3. The Hall–Kier alpha value is -0.920. The Morgan fingerprint density at radius 1 is 1.47 bits per heavy atom. The van der Waals surface area contributed by atoms with Gasteiger partial charge in [0.2, 0.25) is 5.91 Å². The lowest BCUT2D eigenvalue weighted by atomic mass is 10.1. The summed E-state index contributed by atoms with van der Waals surface area (Å²) >= 11 is 3.51. The molecule has 2 atom stereocenters. The molecule has 1 fully saturated rings. The highest BCUT2D eigenvalue weighted by Crippen LogP contribution is 2.31. The molecule has 0 aromatic rings. The number of carbonyl (C=O) groups is 2. The summed E-state index contributed by atoms with van der Waals surface area (Å²) in [6.07, 6.45) is -4.09. The fourth-order valence-corrected chi connectivity index (χ4v) is 2.17. The van der Waals surface area contributed by atoms with Crippen LogP contribution in [0, 0.1) is 5.92 Å². The molecule has 8 heteroatoms. The molecule has 4 nitrogen and oxygen atoms in total. The summed E-state index contributed by atoms with van der Waals surface area (Å²) in [5.41, 5.74) is 0. The van der Waals surface area contributed by atoms with Crippen LogP contribution in [0.3, 0.4) is 0 Å². The summed E-state index contributed by atoms with van der Waals surface area (Å²) < 4.78 is 37.5. The van der Waals surface area contributed by atoms with Crippen molar-refractivity contribution in [1.29, 1.82) is 0 Å². The molecule has 98 valence electrons. The maximum absolute atomic E-state index is 12.5. The Kier molecular flexibility index (Phi) is 4.29. The van der Waals surface area contributed by atoms with Gasteiger partial charge in [-0.05, 0) is 12.8 Å². The number of rotatable bonds is 3. The van der Waals surface area contributed by atoms with Crippen molar-refractivity contribution in [3.8, 4) is 0 Å². The van der Waals surface area contributed by atoms with E-state index in [0.29, 0.717) is 6.42 Å². The number of thiol groups is 1. The molecule has 1 rings (SSSR count). The largest absolute Gasteiger partial charge is 0.480 e. The topological polar surface area (TPSA) is 57.6 Å². The second kappa shape index (κ2) is 5.16. The van der Waals surface area contributed by atoms with Gasteiger partial charge in [-0.2, -0.15) is 25.8 Å². The molecule has 0 saturated carbocycles. The van der Waals surface area contributed by atoms with Crippen molar-refractivity contribution < 1.29 is 27.9 Å². The number of nitrogens with zero attached hydrogens (tertiary/aromatic N) is 1. The molecule has 1 saturated heterocycles. The van der Waals surface area contributed by atoms with E-state index in [9.17, 15) is 22.8 Å². The highest BCUT2D eigenvalue weighted by Gasteiger charge is 2.48. The third kappa shape index (κ3) is 3.05. The van der Waals surface area contributed by atoms with Gasteiger partial charge < -0.3 is 10.0 Å². The van der Waals surface area contributed by atoms with Crippen LogP contribution in [0.25, 0.3) is 0 Å². The zero-order valence-electron chi connectivity index (χ0n) is 8.78. The SMILES string of the molecule is O=C(O)[C@H]1CCCN1C(=O)[C@H](CS)C(F)(F)F. The van der Waals surface area contributed by atoms with Gasteiger partial charge in [0.05, 0.1) is 0 Å². The van der Waals surface area contributed by atoms with Gasteiger partial charge in [0.1, 0.15) is 12.0 Å². The zero-order valence-corrected chi connectivity index (χ0v) is 9.67. The maximum Gasteiger partial charge on any atom is 0.401 e. The van der Waals surface area contributed by atoms with E-state index in [0.717, 1.165) is 4.90 Å². The standard InChI is InChI=1S/C9H12F3NO3S/c10-9(11,12)5(4-17)7(14)13-3-1-2-6(13)8(15)16/h5-6,17H,1-4H2,(H,15,16)/t5-,6+/m0/s1. The molecule has 0 radical (unpaired) electrons. The highest BCUT2D eigenvalue weighted by atomic mass is 32.1. The van der Waals surface area contributed by atoms with Crippen LogP contribution in [-0.4, -0.2) is 46.4 Å². The highest BCUT2D eigenvalue weighted by molar-refractivity contribution is 7.80. The minimum Gasteiger partial charge on any atom is -0.480 e. The predicted molar refractivity (Wildman–Crippen MR) is 55.8 cm³/mol. The number of hydrogen-bond acceptors (Lipinski definition) is 3. The lowest BCUT2D eigenvalue weighted by molar-refractivity contribution is -0.186. The Morgan fingerprint density at radius 2 is 2.06 bits per heavy atom. The number of amides is 1. The van der Waals surface area contributed by atoms with E-state index in [1.165, 1.54) is 0 Å². The fourth-order valence-electron chi connectivity index (χ4n) is 1.81. The Morgan fingerprint density at radius 3 is 2.47 bits per heavy atom. The van der Waals surface area contributed by atoms with Crippen LogP contribution in [0.1, 0.15) is 12.8 Å². The predicted octanol–water partition coefficient (Wildman–Crippen LogP) is 1.17. The van der Waals surface area contributed by atoms with Crippen LogP contribution in [0.4, 0.5) is 13.2 Å². The number of halogens is 3. The first kappa shape index (κ1) is 14.1. The van der Waals surface area contributed by atoms with E-state index in [4.69, 9.17) is 5.11 Å². The van der Waals surface area contributed by atoms with Crippen LogP contribution < -0.4 is 0 Å². The van der Waals surface area contributed by atoms with Gasteiger partial charge in [0, 0.05) is 12.3 Å². The van der Waals surface area contributed by atoms with Crippen molar-refractivity contribution in [3.63, 3.8) is 0 Å². The van der Waals surface area contributed by atoms with Crippen molar-refractivity contribution in [2.45, 2.75) is 25.1 Å². The van der Waals surface area contributed by atoms with E-state index in [1.54, 1.807) is 0 Å². The fraction of sp³-hybridized carbons (Fsp3) is 0.778. The molecule has 17 heavy (non-hydrogen) atoms. The number of carboxylic acid groups (broad SMARTS) is 1. The first-order valence-electron chi connectivity index (χ1n) is 5.00. The van der Waals surface area contributed by atoms with E-state index >= 15 is 0 Å². The molecule has 1 amide bonds. The molecule has 1 aliphatic rings. The van der Waals surface area contributed by atoms with Gasteiger partial charge in [-0.15, -0.1) is 0 Å². The van der Waals surface area contributed by atoms with Gasteiger partial charge in [0.25, 0.3) is 0 Å². The summed E-state index contributed by atoms with van der Waals surface area (Å²) in [6, 6.07) is -1.15. The van der Waals surface area contributed by atoms with Gasteiger partial charge in [-0.1, -0.05) is 0 Å². The summed E-state index contributed by atoms with van der Waals surface area (Å²) in [5, 5.41) is 8.80. The number of hydrogen-bond donors (Lipinski definition) is 2. The molecule has 1 aliphatic heterocycles. The van der Waals surface area contributed by atoms with Crippen molar-refractivity contribution in [3.05, 3.63) is 0 Å². The van der Waals surface area contributed by atoms with E-state index in [2.05, 4.69) is 12.6 Å². The maximum atomic E-state index is 12.5. The molecule has 1 heterocycles. The van der Waals surface area contributed by atoms with Gasteiger partial charge >= 0.3 is 12.1 Å². The second-order valence-corrected chi connectivity index (χ2v) is 4.17. The molecular formula is C9H12F3NO3S. The van der Waals surface area contributed by atoms with Crippen LogP contribution in [0.2, 0.25) is 0 Å². The lowest BCUT2D eigenvalue weighted by Gasteiger charge is -2.27. The molecule has 0 aromatic heterocycles. The van der Waals surface area contributed by atoms with Crippen molar-refractivity contribution in [1.82, 2.24) is 4.90 Å². The summed E-state index contributed by atoms with van der Waals surface area (Å²) in [5.74, 6) is -5.37. The average Bonchev–Trinajstić information content (AvgIpc) is 2.64. The Balaban J connectivity index is 2.84. The summed E-state index contributed by atoms with van der Waals surface area (Å²) in [4.78, 5) is 23.2. The van der Waals surface area contributed by atoms with Gasteiger partial charge in [-0.3, -0.25) is 4.79 Å². The Labute approximate surface area is 101 Å². The molecule has 0 aromatic carbocycles. The summed E-state index contributed by atoms with van der Waals surface area (Å²) in [7, 11) is 0. The second-order valence-electron chi connectivity index (χ2n) is 3.80. The van der Waals surface area contributed by atoms with Crippen LogP contribution in [0.5, 0.6) is 0 Å². The van der Waals surface area contributed by atoms with Crippen LogP contribution in [-0.2, 0) is 9.59 Å². The minimum atomic E-state index is -4.69. The van der Waals surface area contributed by atoms with E-state index in [1.807, 2.05) is 0 Å². The van der Waals surface area contributed by atoms with E-state index < -0.39 is 35.8 Å². The lowest BCUT2D eigenvalue weighted by Crippen LogP contribution is -2.47. The van der Waals surface area contributed by atoms with Crippen LogP contribution >= 0.6 is 12.6 Å². The Bertz CT molecular complexity index is 321. The van der Waals surface area contributed by atoms with Crippen molar-refractivity contribution in [2.24, 2.45) is 5.92 Å². The van der Waals surface area contributed by atoms with Crippen molar-refractivity contribution in [2.75, 3.05) is 12.3 Å². The zero-order chi connectivity index (χ0) is 13.2.